The Balaban J connectivity index is 1.51. The summed E-state index contributed by atoms with van der Waals surface area (Å²) < 4.78 is 18.0. The van der Waals surface area contributed by atoms with E-state index in [0.29, 0.717) is 34.2 Å². The van der Waals surface area contributed by atoms with Crippen LogP contribution in [-0.4, -0.2) is 42.3 Å². The van der Waals surface area contributed by atoms with Gasteiger partial charge in [0.25, 0.3) is 5.91 Å². The van der Waals surface area contributed by atoms with Crippen molar-refractivity contribution in [3.05, 3.63) is 90.1 Å². The van der Waals surface area contributed by atoms with Crippen LogP contribution in [0, 0.1) is 0 Å². The Morgan fingerprint density at radius 1 is 1.03 bits per heavy atom. The van der Waals surface area contributed by atoms with Gasteiger partial charge in [-0.2, -0.15) is 5.10 Å². The Hall–Kier alpha value is -4.85. The molecule has 0 radical (unpaired) electrons. The summed E-state index contributed by atoms with van der Waals surface area (Å²) in [5.74, 6) is 1.25. The number of aromatic nitrogens is 2. The number of rotatable bonds is 7. The predicted molar refractivity (Wildman–Crippen MR) is 136 cm³/mol. The van der Waals surface area contributed by atoms with Gasteiger partial charge in [0.1, 0.15) is 11.4 Å². The lowest BCUT2D eigenvalue weighted by molar-refractivity contribution is -0.118. The summed E-state index contributed by atoms with van der Waals surface area (Å²) in [5, 5.41) is 7.52. The fourth-order valence-electron chi connectivity index (χ4n) is 3.93. The largest absolute Gasteiger partial charge is 0.493 e. The number of hydrogen-bond donors (Lipinski definition) is 1. The zero-order valence-electron chi connectivity index (χ0n) is 19.7. The highest BCUT2D eigenvalue weighted by Crippen LogP contribution is 2.34. The van der Waals surface area contributed by atoms with Gasteiger partial charge in [0.05, 0.1) is 25.6 Å². The van der Waals surface area contributed by atoms with Crippen LogP contribution < -0.4 is 19.5 Å². The van der Waals surface area contributed by atoms with Crippen LogP contribution in [-0.2, 0) is 4.79 Å². The van der Waals surface area contributed by atoms with Crippen LogP contribution in [0.2, 0.25) is 0 Å². The highest BCUT2D eigenvalue weighted by atomic mass is 16.5. The Bertz CT molecular complexity index is 1470. The molecule has 1 aliphatic heterocycles. The number of anilines is 1. The number of hydrogen-bond acceptors (Lipinski definition) is 6. The van der Waals surface area contributed by atoms with E-state index < -0.39 is 0 Å². The van der Waals surface area contributed by atoms with Crippen LogP contribution in [0.1, 0.15) is 15.9 Å². The van der Waals surface area contributed by atoms with E-state index >= 15 is 0 Å². The highest BCUT2D eigenvalue weighted by Gasteiger charge is 2.18. The molecule has 0 fully saturated rings. The number of methoxy groups -OCH3 is 2. The van der Waals surface area contributed by atoms with Gasteiger partial charge in [-0.3, -0.25) is 9.59 Å². The zero-order chi connectivity index (χ0) is 25.1. The molecule has 1 N–H and O–H groups in total. The summed E-state index contributed by atoms with van der Waals surface area (Å²) in [4.78, 5) is 24.6. The van der Waals surface area contributed by atoms with Crippen molar-refractivity contribution in [2.75, 3.05) is 26.1 Å². The number of nitrogens with one attached hydrogen (secondary N) is 1. The second-order valence-corrected chi connectivity index (χ2v) is 8.03. The maximum absolute atomic E-state index is 13.0. The SMILES string of the molecule is COc1ccc(-c2nn(-c3ccccc3)cc2C=CC(=O)c2ccc3c(c2)NC(=O)CO3)cc1OC. The second kappa shape index (κ2) is 9.79. The van der Waals surface area contributed by atoms with Crippen LogP contribution in [0.4, 0.5) is 5.69 Å². The molecule has 180 valence electrons. The van der Waals surface area contributed by atoms with Gasteiger partial charge in [-0.25, -0.2) is 4.68 Å². The maximum atomic E-state index is 13.0. The number of carbonyl (C=O) groups is 2. The number of ether oxygens (including phenoxy) is 3. The van der Waals surface area contributed by atoms with E-state index in [1.54, 1.807) is 43.2 Å². The van der Waals surface area contributed by atoms with Gasteiger partial charge in [-0.15, -0.1) is 0 Å². The molecule has 4 aromatic rings. The highest BCUT2D eigenvalue weighted by molar-refractivity contribution is 6.08. The van der Waals surface area contributed by atoms with Crippen LogP contribution in [0.3, 0.4) is 0 Å². The van der Waals surface area contributed by atoms with E-state index in [4.69, 9.17) is 19.3 Å². The molecule has 0 aliphatic carbocycles. The van der Waals surface area contributed by atoms with Crippen molar-refractivity contribution in [2.45, 2.75) is 0 Å². The molecular formula is C28H23N3O5. The van der Waals surface area contributed by atoms with Crippen molar-refractivity contribution in [1.29, 1.82) is 0 Å². The molecule has 1 amide bonds. The Labute approximate surface area is 207 Å². The molecule has 2 heterocycles. The first-order chi connectivity index (χ1) is 17.6. The summed E-state index contributed by atoms with van der Waals surface area (Å²) in [6, 6.07) is 20.2. The third-order valence-electron chi connectivity index (χ3n) is 5.73. The minimum Gasteiger partial charge on any atom is -0.493 e. The van der Waals surface area contributed by atoms with Gasteiger partial charge in [0.15, 0.2) is 23.9 Å². The number of fused-ring (bicyclic) bond motifs is 1. The Morgan fingerprint density at radius 3 is 2.61 bits per heavy atom. The molecule has 0 saturated carbocycles. The monoisotopic (exact) mass is 481 g/mol. The number of allylic oxidation sites excluding steroid dienone is 1. The lowest BCUT2D eigenvalue weighted by Gasteiger charge is -2.17. The van der Waals surface area contributed by atoms with Gasteiger partial charge < -0.3 is 19.5 Å². The average Bonchev–Trinajstić information content (AvgIpc) is 3.35. The Kier molecular flexibility index (Phi) is 6.23. The second-order valence-electron chi connectivity index (χ2n) is 8.03. The first-order valence-corrected chi connectivity index (χ1v) is 11.2. The van der Waals surface area contributed by atoms with Crippen LogP contribution >= 0.6 is 0 Å². The normalized spacial score (nSPS) is 12.6. The minimum absolute atomic E-state index is 0.0372. The predicted octanol–water partition coefficient (Wildman–Crippen LogP) is 4.78. The molecule has 5 rings (SSSR count). The first-order valence-electron chi connectivity index (χ1n) is 11.2. The number of ketones is 1. The summed E-state index contributed by atoms with van der Waals surface area (Å²) in [6.07, 6.45) is 5.09. The van der Waals surface area contributed by atoms with E-state index in [1.165, 1.54) is 6.08 Å². The van der Waals surface area contributed by atoms with Crippen molar-refractivity contribution in [2.24, 2.45) is 0 Å². The fourth-order valence-corrected chi connectivity index (χ4v) is 3.93. The topological polar surface area (TPSA) is 91.7 Å². The van der Waals surface area contributed by atoms with Crippen molar-refractivity contribution in [1.82, 2.24) is 9.78 Å². The average molecular weight is 482 g/mol. The molecule has 3 aromatic carbocycles. The number of amides is 1. The number of benzene rings is 3. The third-order valence-corrected chi connectivity index (χ3v) is 5.73. The van der Waals surface area contributed by atoms with Gasteiger partial charge in [-0.05, 0) is 60.7 Å². The minimum atomic E-state index is -0.254. The molecule has 36 heavy (non-hydrogen) atoms. The van der Waals surface area contributed by atoms with Gasteiger partial charge in [-0.1, -0.05) is 18.2 Å². The lowest BCUT2D eigenvalue weighted by atomic mass is 10.0. The smallest absolute Gasteiger partial charge is 0.262 e. The molecule has 0 spiro atoms. The first kappa shape index (κ1) is 22.9. The summed E-state index contributed by atoms with van der Waals surface area (Å²) in [5.41, 5.74) is 4.02. The van der Waals surface area contributed by atoms with Crippen molar-refractivity contribution in [3.8, 4) is 34.2 Å². The van der Waals surface area contributed by atoms with Crippen molar-refractivity contribution < 1.29 is 23.8 Å². The number of para-hydroxylation sites is 1. The number of nitrogens with zero attached hydrogens (tertiary/aromatic N) is 2. The molecule has 1 aliphatic rings. The summed E-state index contributed by atoms with van der Waals surface area (Å²) >= 11 is 0. The molecule has 0 atom stereocenters. The maximum Gasteiger partial charge on any atom is 0.262 e. The van der Waals surface area contributed by atoms with E-state index in [9.17, 15) is 9.59 Å². The van der Waals surface area contributed by atoms with Gasteiger partial charge in [0, 0.05) is 22.9 Å². The summed E-state index contributed by atoms with van der Waals surface area (Å²) in [7, 11) is 3.16. The van der Waals surface area contributed by atoms with Gasteiger partial charge >= 0.3 is 0 Å². The molecule has 8 heteroatoms. The van der Waals surface area contributed by atoms with E-state index in [2.05, 4.69) is 5.32 Å². The molecule has 0 unspecified atom stereocenters. The molecule has 1 aromatic heterocycles. The van der Waals surface area contributed by atoms with E-state index in [-0.39, 0.29) is 18.3 Å². The quantitative estimate of drug-likeness (QED) is 0.302. The molecule has 0 saturated heterocycles. The van der Waals surface area contributed by atoms with Crippen molar-refractivity contribution in [3.63, 3.8) is 0 Å². The zero-order valence-corrected chi connectivity index (χ0v) is 19.7. The van der Waals surface area contributed by atoms with Crippen LogP contribution in [0.15, 0.2) is 79.0 Å². The lowest BCUT2D eigenvalue weighted by Crippen LogP contribution is -2.25. The molecular weight excluding hydrogens is 458 g/mol. The summed E-state index contributed by atoms with van der Waals surface area (Å²) in [6.45, 7) is -0.0372. The molecule has 8 nitrogen and oxygen atoms in total. The number of carbonyl (C=O) groups excluding carboxylic acids is 2. The Morgan fingerprint density at radius 2 is 1.83 bits per heavy atom. The van der Waals surface area contributed by atoms with Crippen LogP contribution in [0.5, 0.6) is 17.2 Å². The third kappa shape index (κ3) is 4.56. The van der Waals surface area contributed by atoms with Crippen LogP contribution in [0.25, 0.3) is 23.0 Å². The van der Waals surface area contributed by atoms with E-state index in [1.807, 2.05) is 54.7 Å². The van der Waals surface area contributed by atoms with Gasteiger partial charge in [0.2, 0.25) is 0 Å². The van der Waals surface area contributed by atoms with Crippen molar-refractivity contribution >= 4 is 23.5 Å². The molecule has 0 bridgehead atoms. The fraction of sp³-hybridized carbons (Fsp3) is 0.107. The standard InChI is InChI=1S/C28H23N3O5/c1-34-25-13-10-19(15-26(25)35-2)28-20(16-31(30-28)21-6-4-3-5-7-21)8-11-23(32)18-9-12-24-22(14-18)29-27(33)17-36-24/h3-16H,17H2,1-2H3,(H,29,33). The van der Waals surface area contributed by atoms with E-state index in [0.717, 1.165) is 16.8 Å².